The number of carbonyl (C=O) groups is 3. The fraction of sp³-hybridized carbons (Fsp3) is 0.304. The number of benzene rings is 2. The number of alkyl halides is 3. The molecule has 0 spiro atoms. The molecule has 2 aromatic carbocycles. The zero-order chi connectivity index (χ0) is 26.6. The van der Waals surface area contributed by atoms with Gasteiger partial charge in [-0.15, -0.1) is 0 Å². The zero-order valence-corrected chi connectivity index (χ0v) is 20.2. The van der Waals surface area contributed by atoms with Crippen molar-refractivity contribution in [3.8, 4) is 0 Å². The third-order valence-corrected chi connectivity index (χ3v) is 6.68. The van der Waals surface area contributed by atoms with Gasteiger partial charge >= 0.3 is 6.18 Å². The topological polar surface area (TPSA) is 88.1 Å². The van der Waals surface area contributed by atoms with Crippen LogP contribution in [-0.4, -0.2) is 47.6 Å². The summed E-state index contributed by atoms with van der Waals surface area (Å²) >= 11 is 11.4. The molecule has 1 N–H and O–H groups in total. The fourth-order valence-corrected chi connectivity index (χ4v) is 4.54. The van der Waals surface area contributed by atoms with Crippen LogP contribution in [0.1, 0.15) is 39.9 Å². The van der Waals surface area contributed by atoms with E-state index in [-0.39, 0.29) is 23.3 Å². The van der Waals surface area contributed by atoms with Crippen molar-refractivity contribution in [3.05, 3.63) is 68.4 Å². The Hall–Kier alpha value is -3.18. The van der Waals surface area contributed by atoms with Crippen molar-refractivity contribution in [3.63, 3.8) is 0 Å². The lowest BCUT2D eigenvalue weighted by molar-refractivity contribution is -0.275. The average Bonchev–Trinajstić information content (AvgIpc) is 3.36. The number of hydrogen-bond donors (Lipinski definition) is 1. The van der Waals surface area contributed by atoms with Crippen molar-refractivity contribution in [2.45, 2.75) is 37.6 Å². The first kappa shape index (κ1) is 25.9. The smallest absolute Gasteiger partial charge is 0.374 e. The van der Waals surface area contributed by atoms with E-state index in [2.05, 4.69) is 10.5 Å². The van der Waals surface area contributed by atoms with Crippen molar-refractivity contribution in [2.75, 3.05) is 7.05 Å². The number of nitrogens with zero attached hydrogens (tertiary/aromatic N) is 2. The Morgan fingerprint density at radius 1 is 1.19 bits per heavy atom. The van der Waals surface area contributed by atoms with E-state index in [4.69, 9.17) is 28.0 Å². The summed E-state index contributed by atoms with van der Waals surface area (Å²) in [4.78, 5) is 42.2. The molecule has 2 atom stereocenters. The summed E-state index contributed by atoms with van der Waals surface area (Å²) in [6.07, 6.45) is -5.88. The van der Waals surface area contributed by atoms with E-state index in [1.54, 1.807) is 6.92 Å². The number of amides is 3. The third kappa shape index (κ3) is 4.30. The van der Waals surface area contributed by atoms with Gasteiger partial charge in [-0.05, 0) is 42.3 Å². The second-order valence-corrected chi connectivity index (χ2v) is 9.25. The number of carbonyl (C=O) groups excluding carboxylic acids is 3. The normalized spacial score (nSPS) is 22.1. The number of rotatable bonds is 4. The molecule has 0 radical (unpaired) electrons. The zero-order valence-electron chi connectivity index (χ0n) is 18.7. The van der Waals surface area contributed by atoms with Gasteiger partial charge in [0.1, 0.15) is 6.04 Å². The first-order chi connectivity index (χ1) is 16.7. The van der Waals surface area contributed by atoms with Gasteiger partial charge in [0, 0.05) is 24.6 Å². The van der Waals surface area contributed by atoms with Crippen LogP contribution in [0.2, 0.25) is 10.0 Å². The molecular weight excluding hydrogens is 529 g/mol. The lowest BCUT2D eigenvalue weighted by Crippen LogP contribution is -2.42. The van der Waals surface area contributed by atoms with E-state index in [0.29, 0.717) is 5.56 Å². The number of imide groups is 1. The molecule has 13 heteroatoms. The molecular formula is C23H17Cl2F4N3O4. The molecule has 1 fully saturated rings. The van der Waals surface area contributed by atoms with E-state index in [0.717, 1.165) is 17.0 Å². The van der Waals surface area contributed by atoms with Crippen molar-refractivity contribution in [1.82, 2.24) is 10.2 Å². The minimum atomic E-state index is -4.96. The SMILES string of the molecule is Cc1cc(C2=NOC(c3cc(Cl)c(F)c(Cl)c3)(C(F)(F)F)C2)ccc1C(=O)N[C@@H]1CC(=O)N(C)C1=O. The number of nitrogens with one attached hydrogen (secondary N) is 1. The maximum Gasteiger partial charge on any atom is 0.435 e. The summed E-state index contributed by atoms with van der Waals surface area (Å²) in [5.74, 6) is -2.64. The van der Waals surface area contributed by atoms with Gasteiger partial charge in [0.2, 0.25) is 5.91 Å². The molecule has 0 aliphatic carbocycles. The largest absolute Gasteiger partial charge is 0.435 e. The highest BCUT2D eigenvalue weighted by atomic mass is 35.5. The molecule has 2 aliphatic heterocycles. The molecule has 1 saturated heterocycles. The van der Waals surface area contributed by atoms with E-state index in [1.807, 2.05) is 0 Å². The number of likely N-dealkylation sites (N-methyl/N-ethyl adjacent to an activating group) is 1. The van der Waals surface area contributed by atoms with Crippen molar-refractivity contribution in [1.29, 1.82) is 0 Å². The monoisotopic (exact) mass is 545 g/mol. The number of oxime groups is 1. The van der Waals surface area contributed by atoms with Gasteiger partial charge in [-0.2, -0.15) is 13.2 Å². The van der Waals surface area contributed by atoms with Crippen molar-refractivity contribution >= 4 is 46.6 Å². The van der Waals surface area contributed by atoms with Gasteiger partial charge in [-0.3, -0.25) is 19.3 Å². The van der Waals surface area contributed by atoms with Crippen LogP contribution in [0.15, 0.2) is 35.5 Å². The molecule has 0 bridgehead atoms. The highest BCUT2D eigenvalue weighted by Crippen LogP contribution is 2.50. The number of aryl methyl sites for hydroxylation is 1. The van der Waals surface area contributed by atoms with Crippen LogP contribution in [0, 0.1) is 12.7 Å². The Balaban J connectivity index is 1.59. The molecule has 4 rings (SSSR count). The summed E-state index contributed by atoms with van der Waals surface area (Å²) in [6.45, 7) is 1.55. The first-order valence-electron chi connectivity index (χ1n) is 10.4. The lowest BCUT2D eigenvalue weighted by Gasteiger charge is -2.29. The maximum atomic E-state index is 14.2. The Kier molecular flexibility index (Phi) is 6.50. The van der Waals surface area contributed by atoms with Gasteiger partial charge < -0.3 is 10.2 Å². The predicted octanol–water partition coefficient (Wildman–Crippen LogP) is 4.51. The van der Waals surface area contributed by atoms with Crippen LogP contribution < -0.4 is 5.32 Å². The highest BCUT2D eigenvalue weighted by Gasteiger charge is 2.62. The fourth-order valence-electron chi connectivity index (χ4n) is 4.05. The second-order valence-electron chi connectivity index (χ2n) is 8.44. The Morgan fingerprint density at radius 3 is 2.36 bits per heavy atom. The van der Waals surface area contributed by atoms with Crippen LogP contribution in [-0.2, 0) is 20.0 Å². The minimum absolute atomic E-state index is 0.0721. The Labute approximate surface area is 212 Å². The van der Waals surface area contributed by atoms with Gasteiger partial charge in [0.25, 0.3) is 17.4 Å². The molecule has 1 unspecified atom stereocenters. The van der Waals surface area contributed by atoms with Crippen molar-refractivity contribution in [2.24, 2.45) is 5.16 Å². The summed E-state index contributed by atoms with van der Waals surface area (Å²) in [5.41, 5.74) is -2.74. The standard InChI is InChI=1S/C23H17Cl2F4N3O4/c1-10-5-11(3-4-13(10)20(34)30-16-8-18(33)32(2)21(16)35)17-9-22(36-31-17,23(27,28)29)12-6-14(24)19(26)15(25)7-12/h3-7,16H,8-9H2,1-2H3,(H,30,34)/t16-,22?/m1/s1. The Morgan fingerprint density at radius 2 is 1.83 bits per heavy atom. The lowest BCUT2D eigenvalue weighted by atomic mass is 9.86. The van der Waals surface area contributed by atoms with Gasteiger partial charge in [-0.25, -0.2) is 4.39 Å². The summed E-state index contributed by atoms with van der Waals surface area (Å²) in [6, 6.07) is 4.78. The summed E-state index contributed by atoms with van der Waals surface area (Å²) in [5, 5.41) is 4.93. The van der Waals surface area contributed by atoms with E-state index in [9.17, 15) is 31.9 Å². The highest BCUT2D eigenvalue weighted by molar-refractivity contribution is 6.35. The van der Waals surface area contributed by atoms with E-state index >= 15 is 0 Å². The average molecular weight is 546 g/mol. The summed E-state index contributed by atoms with van der Waals surface area (Å²) in [7, 11) is 1.32. The van der Waals surface area contributed by atoms with Crippen LogP contribution >= 0.6 is 23.2 Å². The van der Waals surface area contributed by atoms with E-state index < -0.39 is 63.4 Å². The van der Waals surface area contributed by atoms with Gasteiger partial charge in [-0.1, -0.05) is 34.4 Å². The second kappa shape index (κ2) is 9.04. The third-order valence-electron chi connectivity index (χ3n) is 6.13. The van der Waals surface area contributed by atoms with Crippen LogP contribution in [0.3, 0.4) is 0 Å². The van der Waals surface area contributed by atoms with Gasteiger partial charge in [0.15, 0.2) is 5.82 Å². The Bertz CT molecular complexity index is 1310. The van der Waals surface area contributed by atoms with Crippen LogP contribution in [0.25, 0.3) is 0 Å². The first-order valence-corrected chi connectivity index (χ1v) is 11.2. The predicted molar refractivity (Wildman–Crippen MR) is 121 cm³/mol. The molecule has 2 aliphatic rings. The maximum absolute atomic E-state index is 14.2. The molecule has 2 aromatic rings. The molecule has 0 saturated carbocycles. The molecule has 190 valence electrons. The van der Waals surface area contributed by atoms with Crippen LogP contribution in [0.5, 0.6) is 0 Å². The number of likely N-dealkylation sites (tertiary alicyclic amines) is 1. The molecule has 0 aromatic heterocycles. The minimum Gasteiger partial charge on any atom is -0.374 e. The molecule has 3 amide bonds. The quantitative estimate of drug-likeness (QED) is 0.348. The van der Waals surface area contributed by atoms with Crippen molar-refractivity contribution < 1.29 is 36.8 Å². The number of hydrogen-bond acceptors (Lipinski definition) is 5. The summed E-state index contributed by atoms with van der Waals surface area (Å²) < 4.78 is 56.4. The molecule has 2 heterocycles. The van der Waals surface area contributed by atoms with Crippen LogP contribution in [0.4, 0.5) is 17.6 Å². The molecule has 7 nitrogen and oxygen atoms in total. The number of halogens is 6. The molecule has 36 heavy (non-hydrogen) atoms. The van der Waals surface area contributed by atoms with Gasteiger partial charge in [0.05, 0.1) is 22.2 Å². The van der Waals surface area contributed by atoms with E-state index in [1.165, 1.54) is 25.2 Å².